The van der Waals surface area contributed by atoms with Crippen LogP contribution in [-0.4, -0.2) is 71.3 Å². The Balaban J connectivity index is 6.34. The number of rotatable bonds is 11. The van der Waals surface area contributed by atoms with Gasteiger partial charge in [-0.15, -0.1) is 0 Å². The first-order chi connectivity index (χ1) is 14.1. The summed E-state index contributed by atoms with van der Waals surface area (Å²) in [5, 5.41) is 9.84. The molecular formula is C13H10F17NO2. The number of halogens is 17. The minimum atomic E-state index is -8.67. The van der Waals surface area contributed by atoms with Gasteiger partial charge in [0.25, 0.3) is 0 Å². The molecule has 0 aliphatic heterocycles. The highest BCUT2D eigenvalue weighted by atomic mass is 19.4. The highest BCUT2D eigenvalue weighted by Gasteiger charge is 2.95. The molecule has 0 amide bonds. The molecule has 0 radical (unpaired) electrons. The molecule has 0 aromatic rings. The van der Waals surface area contributed by atoms with Crippen molar-refractivity contribution in [3.05, 3.63) is 0 Å². The molecule has 0 saturated heterocycles. The van der Waals surface area contributed by atoms with Crippen LogP contribution in [-0.2, 0) is 4.79 Å². The normalized spacial score (nSPS) is 16.7. The van der Waals surface area contributed by atoms with Gasteiger partial charge in [0.05, 0.1) is 0 Å². The fraction of sp³-hybridized carbons (Fsp3) is 0.923. The molecule has 0 aliphatic carbocycles. The number of carboxylic acid groups (broad SMARTS) is 1. The molecule has 33 heavy (non-hydrogen) atoms. The van der Waals surface area contributed by atoms with E-state index in [0.29, 0.717) is 6.92 Å². The molecule has 0 aromatic carbocycles. The molecule has 0 heterocycles. The van der Waals surface area contributed by atoms with Gasteiger partial charge in [-0.25, -0.2) is 0 Å². The van der Waals surface area contributed by atoms with Crippen molar-refractivity contribution >= 4 is 5.97 Å². The van der Waals surface area contributed by atoms with E-state index < -0.39 is 72.6 Å². The minimum absolute atomic E-state index is 0.671. The standard InChI is InChI=1S/C13H10F17NO2/c1-4(5(32)33)31-3-2-6(14,15)7(16,17)8(18,19)9(20,21)10(22,23)11(24,25)12(26,27)13(28,29)30/h4,31H,2-3H2,1H3,(H,32,33)/t4-/m0/s1. The van der Waals surface area contributed by atoms with Crippen LogP contribution in [0.5, 0.6) is 0 Å². The molecule has 0 saturated carbocycles. The van der Waals surface area contributed by atoms with Gasteiger partial charge in [-0.1, -0.05) is 0 Å². The first-order valence-corrected chi connectivity index (χ1v) is 7.75. The Morgan fingerprint density at radius 2 is 0.939 bits per heavy atom. The Morgan fingerprint density at radius 3 is 1.24 bits per heavy atom. The second-order valence-electron chi connectivity index (χ2n) is 6.41. The summed E-state index contributed by atoms with van der Waals surface area (Å²) in [6.07, 6.45) is -10.5. The lowest BCUT2D eigenvalue weighted by molar-refractivity contribution is -0.461. The topological polar surface area (TPSA) is 49.3 Å². The van der Waals surface area contributed by atoms with Crippen LogP contribution < -0.4 is 5.32 Å². The summed E-state index contributed by atoms with van der Waals surface area (Å²) >= 11 is 0. The Hall–Kier alpha value is -1.76. The van der Waals surface area contributed by atoms with Gasteiger partial charge in [0.1, 0.15) is 6.04 Å². The fourth-order valence-corrected chi connectivity index (χ4v) is 1.89. The number of hydrogen-bond acceptors (Lipinski definition) is 2. The van der Waals surface area contributed by atoms with Gasteiger partial charge >= 0.3 is 53.6 Å². The number of nitrogens with one attached hydrogen (secondary N) is 1. The first-order valence-electron chi connectivity index (χ1n) is 7.75. The molecular weight excluding hydrogens is 525 g/mol. The number of carboxylic acids is 1. The summed E-state index contributed by atoms with van der Waals surface area (Å²) in [6.45, 7) is -1.04. The van der Waals surface area contributed by atoms with E-state index in [1.54, 1.807) is 0 Å². The quantitative estimate of drug-likeness (QED) is 0.347. The zero-order valence-electron chi connectivity index (χ0n) is 15.3. The number of aliphatic carboxylic acids is 1. The molecule has 0 aliphatic rings. The fourth-order valence-electron chi connectivity index (χ4n) is 1.89. The number of alkyl halides is 17. The zero-order valence-corrected chi connectivity index (χ0v) is 15.3. The Bertz CT molecular complexity index is 714. The van der Waals surface area contributed by atoms with Crippen molar-refractivity contribution in [1.82, 2.24) is 5.32 Å². The summed E-state index contributed by atoms with van der Waals surface area (Å²) in [5.74, 6) is -58.5. The van der Waals surface area contributed by atoms with Crippen LogP contribution in [0.4, 0.5) is 74.6 Å². The summed E-state index contributed by atoms with van der Waals surface area (Å²) in [4.78, 5) is 10.4. The third-order valence-electron chi connectivity index (χ3n) is 4.05. The average Bonchev–Trinajstić information content (AvgIpc) is 2.59. The lowest BCUT2D eigenvalue weighted by atomic mass is 9.88. The van der Waals surface area contributed by atoms with Gasteiger partial charge in [0, 0.05) is 13.0 Å². The lowest BCUT2D eigenvalue weighted by Gasteiger charge is -2.42. The minimum Gasteiger partial charge on any atom is -0.480 e. The van der Waals surface area contributed by atoms with Gasteiger partial charge in [-0.05, 0) is 6.92 Å². The largest absolute Gasteiger partial charge is 0.480 e. The molecule has 0 fully saturated rings. The third kappa shape index (κ3) is 4.62. The van der Waals surface area contributed by atoms with Crippen molar-refractivity contribution in [2.45, 2.75) is 67.0 Å². The Kier molecular flexibility index (Phi) is 8.02. The van der Waals surface area contributed by atoms with E-state index in [4.69, 9.17) is 5.11 Å². The van der Waals surface area contributed by atoms with Crippen LogP contribution in [0.1, 0.15) is 13.3 Å². The monoisotopic (exact) mass is 535 g/mol. The van der Waals surface area contributed by atoms with E-state index in [1.807, 2.05) is 0 Å². The van der Waals surface area contributed by atoms with Gasteiger partial charge in [0.2, 0.25) is 0 Å². The predicted octanol–water partition coefficient (Wildman–Crippen LogP) is 5.45. The third-order valence-corrected chi connectivity index (χ3v) is 4.05. The summed E-state index contributed by atoms with van der Waals surface area (Å²) in [5.41, 5.74) is 0. The highest BCUT2D eigenvalue weighted by molar-refractivity contribution is 5.72. The summed E-state index contributed by atoms with van der Waals surface area (Å²) < 4.78 is 221. The lowest BCUT2D eigenvalue weighted by Crippen LogP contribution is -2.74. The molecule has 0 aromatic heterocycles. The van der Waals surface area contributed by atoms with E-state index in [1.165, 1.54) is 5.32 Å². The van der Waals surface area contributed by atoms with Crippen LogP contribution in [0.2, 0.25) is 0 Å². The van der Waals surface area contributed by atoms with Crippen LogP contribution in [0, 0.1) is 0 Å². The maximum Gasteiger partial charge on any atom is 0.460 e. The zero-order chi connectivity index (χ0) is 27.3. The molecule has 198 valence electrons. The predicted molar refractivity (Wildman–Crippen MR) is 70.4 cm³/mol. The molecule has 0 rings (SSSR count). The molecule has 1 atom stereocenters. The van der Waals surface area contributed by atoms with E-state index in [2.05, 4.69) is 0 Å². The molecule has 0 spiro atoms. The highest BCUT2D eigenvalue weighted by Crippen LogP contribution is 2.64. The summed E-state index contributed by atoms with van der Waals surface area (Å²) in [7, 11) is 0. The SMILES string of the molecule is C[C@H](NCCC(F)(F)C(F)(F)C(F)(F)C(F)(F)C(F)(F)C(F)(F)C(F)(F)C(F)(F)F)C(=O)O. The van der Waals surface area contributed by atoms with Gasteiger partial charge in [-0.2, -0.15) is 74.6 Å². The average molecular weight is 535 g/mol. The van der Waals surface area contributed by atoms with E-state index in [9.17, 15) is 79.4 Å². The maximum absolute atomic E-state index is 13.5. The van der Waals surface area contributed by atoms with Crippen molar-refractivity contribution in [3.63, 3.8) is 0 Å². The van der Waals surface area contributed by atoms with Gasteiger partial charge in [0.15, 0.2) is 0 Å². The molecule has 0 bridgehead atoms. The molecule has 2 N–H and O–H groups in total. The Labute approximate surface area is 170 Å². The number of hydrogen-bond donors (Lipinski definition) is 2. The first kappa shape index (κ1) is 31.2. The van der Waals surface area contributed by atoms with Crippen molar-refractivity contribution in [2.75, 3.05) is 6.54 Å². The second-order valence-corrected chi connectivity index (χ2v) is 6.41. The van der Waals surface area contributed by atoms with Crippen molar-refractivity contribution in [3.8, 4) is 0 Å². The van der Waals surface area contributed by atoms with Crippen molar-refractivity contribution in [1.29, 1.82) is 0 Å². The summed E-state index contributed by atoms with van der Waals surface area (Å²) in [6, 6.07) is -1.84. The number of carbonyl (C=O) groups is 1. The van der Waals surface area contributed by atoms with E-state index in [0.717, 1.165) is 0 Å². The second kappa shape index (κ2) is 8.47. The molecule has 0 unspecified atom stereocenters. The Morgan fingerprint density at radius 1 is 0.636 bits per heavy atom. The van der Waals surface area contributed by atoms with Crippen LogP contribution in [0.3, 0.4) is 0 Å². The maximum atomic E-state index is 13.5. The molecule has 3 nitrogen and oxygen atoms in total. The smallest absolute Gasteiger partial charge is 0.460 e. The van der Waals surface area contributed by atoms with Crippen LogP contribution in [0.15, 0.2) is 0 Å². The van der Waals surface area contributed by atoms with E-state index >= 15 is 0 Å². The van der Waals surface area contributed by atoms with Crippen LogP contribution >= 0.6 is 0 Å². The van der Waals surface area contributed by atoms with Crippen molar-refractivity contribution in [2.24, 2.45) is 0 Å². The van der Waals surface area contributed by atoms with Gasteiger partial charge < -0.3 is 10.4 Å². The van der Waals surface area contributed by atoms with E-state index in [-0.39, 0.29) is 0 Å². The van der Waals surface area contributed by atoms with Crippen molar-refractivity contribution < 1.29 is 84.5 Å². The van der Waals surface area contributed by atoms with Crippen LogP contribution in [0.25, 0.3) is 0 Å². The molecule has 20 heteroatoms. The van der Waals surface area contributed by atoms with Gasteiger partial charge in [-0.3, -0.25) is 4.79 Å².